The standard InChI is InChI=1S/C18H23N3O4/c1-5-9-19-15(22)11-21-16(23)18(6-2,20-17(21)24)13-7-8-14(25-4)12(3)10-13/h5,7-8,10H,1,6,9,11H2,2-4H3,(H,19,22)(H,20,24). The van der Waals surface area contributed by atoms with Gasteiger partial charge < -0.3 is 15.4 Å². The number of nitrogens with one attached hydrogen (secondary N) is 2. The zero-order valence-corrected chi connectivity index (χ0v) is 14.7. The van der Waals surface area contributed by atoms with Crippen LogP contribution in [0.15, 0.2) is 30.9 Å². The number of rotatable bonds is 7. The van der Waals surface area contributed by atoms with Crippen molar-refractivity contribution in [2.75, 3.05) is 20.2 Å². The fraction of sp³-hybridized carbons (Fsp3) is 0.389. The van der Waals surface area contributed by atoms with Crippen molar-refractivity contribution in [1.82, 2.24) is 15.5 Å². The SMILES string of the molecule is C=CCNC(=O)CN1C(=O)NC(CC)(c2ccc(OC)c(C)c2)C1=O. The summed E-state index contributed by atoms with van der Waals surface area (Å²) in [7, 11) is 1.57. The molecule has 0 aliphatic carbocycles. The maximum Gasteiger partial charge on any atom is 0.325 e. The van der Waals surface area contributed by atoms with Crippen molar-refractivity contribution in [3.63, 3.8) is 0 Å². The van der Waals surface area contributed by atoms with Crippen LogP contribution in [0, 0.1) is 6.92 Å². The number of aryl methyl sites for hydroxylation is 1. The third-order valence-corrected chi connectivity index (χ3v) is 4.34. The smallest absolute Gasteiger partial charge is 0.325 e. The Bertz CT molecular complexity index is 716. The Morgan fingerprint density at radius 2 is 2.16 bits per heavy atom. The highest BCUT2D eigenvalue weighted by Crippen LogP contribution is 2.34. The Morgan fingerprint density at radius 3 is 2.72 bits per heavy atom. The summed E-state index contributed by atoms with van der Waals surface area (Å²) >= 11 is 0. The van der Waals surface area contributed by atoms with Gasteiger partial charge in [-0.05, 0) is 36.6 Å². The van der Waals surface area contributed by atoms with Gasteiger partial charge in [0.05, 0.1) is 7.11 Å². The Kier molecular flexibility index (Phi) is 5.46. The van der Waals surface area contributed by atoms with E-state index in [0.29, 0.717) is 17.7 Å². The first kappa shape index (κ1) is 18.5. The van der Waals surface area contributed by atoms with E-state index in [2.05, 4.69) is 17.2 Å². The van der Waals surface area contributed by atoms with Gasteiger partial charge in [0, 0.05) is 6.54 Å². The molecule has 1 aliphatic rings. The minimum absolute atomic E-state index is 0.277. The molecule has 0 saturated carbocycles. The summed E-state index contributed by atoms with van der Waals surface area (Å²) < 4.78 is 5.24. The quantitative estimate of drug-likeness (QED) is 0.578. The van der Waals surface area contributed by atoms with Crippen LogP contribution in [-0.4, -0.2) is 42.9 Å². The highest BCUT2D eigenvalue weighted by molar-refractivity contribution is 6.09. The highest BCUT2D eigenvalue weighted by Gasteiger charge is 2.51. The molecule has 1 atom stereocenters. The van der Waals surface area contributed by atoms with Crippen molar-refractivity contribution in [3.05, 3.63) is 42.0 Å². The third-order valence-electron chi connectivity index (χ3n) is 4.34. The van der Waals surface area contributed by atoms with E-state index >= 15 is 0 Å². The Labute approximate surface area is 147 Å². The molecule has 0 bridgehead atoms. The van der Waals surface area contributed by atoms with Gasteiger partial charge in [-0.1, -0.05) is 19.1 Å². The summed E-state index contributed by atoms with van der Waals surface area (Å²) in [5.74, 6) is -0.146. The number of nitrogens with zero attached hydrogens (tertiary/aromatic N) is 1. The first-order chi connectivity index (χ1) is 11.9. The van der Waals surface area contributed by atoms with Gasteiger partial charge in [0.2, 0.25) is 5.91 Å². The molecule has 0 spiro atoms. The van der Waals surface area contributed by atoms with Gasteiger partial charge in [-0.3, -0.25) is 14.5 Å². The van der Waals surface area contributed by atoms with E-state index in [4.69, 9.17) is 4.74 Å². The number of methoxy groups -OCH3 is 1. The van der Waals surface area contributed by atoms with Crippen molar-refractivity contribution < 1.29 is 19.1 Å². The second-order valence-electron chi connectivity index (χ2n) is 5.86. The lowest BCUT2D eigenvalue weighted by Gasteiger charge is -2.26. The van der Waals surface area contributed by atoms with E-state index < -0.39 is 23.4 Å². The van der Waals surface area contributed by atoms with Crippen LogP contribution in [0.5, 0.6) is 5.75 Å². The molecule has 4 amide bonds. The molecule has 25 heavy (non-hydrogen) atoms. The van der Waals surface area contributed by atoms with Crippen molar-refractivity contribution in [2.45, 2.75) is 25.8 Å². The third kappa shape index (κ3) is 3.35. The lowest BCUT2D eigenvalue weighted by molar-refractivity contribution is -0.135. The number of imide groups is 1. The maximum atomic E-state index is 13.0. The van der Waals surface area contributed by atoms with Gasteiger partial charge >= 0.3 is 6.03 Å². The Hall–Kier alpha value is -2.83. The van der Waals surface area contributed by atoms with Crippen LogP contribution in [0.25, 0.3) is 0 Å². The number of hydrogen-bond acceptors (Lipinski definition) is 4. The molecule has 0 radical (unpaired) electrons. The van der Waals surface area contributed by atoms with Crippen LogP contribution in [0.4, 0.5) is 4.79 Å². The first-order valence-electron chi connectivity index (χ1n) is 8.06. The van der Waals surface area contributed by atoms with E-state index in [0.717, 1.165) is 10.5 Å². The molecule has 2 rings (SSSR count). The summed E-state index contributed by atoms with van der Waals surface area (Å²) in [6.07, 6.45) is 1.90. The molecule has 2 N–H and O–H groups in total. The predicted molar refractivity (Wildman–Crippen MR) is 93.2 cm³/mol. The summed E-state index contributed by atoms with van der Waals surface area (Å²) in [6, 6.07) is 4.77. The molecule has 7 heteroatoms. The van der Waals surface area contributed by atoms with E-state index in [1.165, 1.54) is 6.08 Å². The molecule has 1 aromatic carbocycles. The van der Waals surface area contributed by atoms with Gasteiger partial charge in [-0.2, -0.15) is 0 Å². The number of hydrogen-bond donors (Lipinski definition) is 2. The molecule has 134 valence electrons. The average molecular weight is 345 g/mol. The van der Waals surface area contributed by atoms with Crippen LogP contribution in [0.1, 0.15) is 24.5 Å². The number of urea groups is 1. The monoisotopic (exact) mass is 345 g/mol. The van der Waals surface area contributed by atoms with E-state index in [9.17, 15) is 14.4 Å². The zero-order chi connectivity index (χ0) is 18.6. The van der Waals surface area contributed by atoms with Crippen LogP contribution in [0.3, 0.4) is 0 Å². The lowest BCUT2D eigenvalue weighted by atomic mass is 9.86. The van der Waals surface area contributed by atoms with Crippen LogP contribution in [0.2, 0.25) is 0 Å². The summed E-state index contributed by atoms with van der Waals surface area (Å²) in [6.45, 7) is 7.15. The van der Waals surface area contributed by atoms with Crippen LogP contribution < -0.4 is 15.4 Å². The molecule has 1 unspecified atom stereocenters. The second kappa shape index (κ2) is 7.38. The molecule has 1 aliphatic heterocycles. The summed E-state index contributed by atoms with van der Waals surface area (Å²) in [5, 5.41) is 5.32. The topological polar surface area (TPSA) is 87.7 Å². The van der Waals surface area contributed by atoms with Gasteiger partial charge in [-0.15, -0.1) is 6.58 Å². The Balaban J connectivity index is 2.31. The molecule has 1 heterocycles. The van der Waals surface area contributed by atoms with Crippen molar-refractivity contribution in [1.29, 1.82) is 0 Å². The molecule has 7 nitrogen and oxygen atoms in total. The number of carbonyl (C=O) groups is 3. The minimum atomic E-state index is -1.17. The second-order valence-corrected chi connectivity index (χ2v) is 5.86. The zero-order valence-electron chi connectivity index (χ0n) is 14.7. The number of ether oxygens (including phenoxy) is 1. The molecule has 1 fully saturated rings. The molecule has 0 aromatic heterocycles. The Morgan fingerprint density at radius 1 is 1.44 bits per heavy atom. The predicted octanol–water partition coefficient (Wildman–Crippen LogP) is 1.46. The number of carbonyl (C=O) groups excluding carboxylic acids is 3. The molecule has 1 saturated heterocycles. The fourth-order valence-corrected chi connectivity index (χ4v) is 2.94. The summed E-state index contributed by atoms with van der Waals surface area (Å²) in [5.41, 5.74) is 0.352. The van der Waals surface area contributed by atoms with Gasteiger partial charge in [-0.25, -0.2) is 4.79 Å². The van der Waals surface area contributed by atoms with Crippen LogP contribution >= 0.6 is 0 Å². The van der Waals surface area contributed by atoms with Crippen LogP contribution in [-0.2, 0) is 15.1 Å². The average Bonchev–Trinajstić information content (AvgIpc) is 2.85. The lowest BCUT2D eigenvalue weighted by Crippen LogP contribution is -2.44. The fourth-order valence-electron chi connectivity index (χ4n) is 2.94. The highest BCUT2D eigenvalue weighted by atomic mass is 16.5. The molecular formula is C18H23N3O4. The van der Waals surface area contributed by atoms with E-state index in [-0.39, 0.29) is 13.1 Å². The van der Waals surface area contributed by atoms with Crippen molar-refractivity contribution >= 4 is 17.8 Å². The first-order valence-corrected chi connectivity index (χ1v) is 8.06. The van der Waals surface area contributed by atoms with Gasteiger partial charge in [0.25, 0.3) is 5.91 Å². The maximum absolute atomic E-state index is 13.0. The summed E-state index contributed by atoms with van der Waals surface area (Å²) in [4.78, 5) is 38.1. The number of amides is 4. The molecule has 1 aromatic rings. The van der Waals surface area contributed by atoms with E-state index in [1.807, 2.05) is 19.9 Å². The van der Waals surface area contributed by atoms with Crippen molar-refractivity contribution in [3.8, 4) is 5.75 Å². The van der Waals surface area contributed by atoms with E-state index in [1.54, 1.807) is 19.2 Å². The number of benzene rings is 1. The molecular weight excluding hydrogens is 322 g/mol. The largest absolute Gasteiger partial charge is 0.496 e. The minimum Gasteiger partial charge on any atom is -0.496 e. The van der Waals surface area contributed by atoms with Crippen molar-refractivity contribution in [2.24, 2.45) is 0 Å². The van der Waals surface area contributed by atoms with Gasteiger partial charge in [0.1, 0.15) is 17.8 Å². The van der Waals surface area contributed by atoms with Gasteiger partial charge in [0.15, 0.2) is 0 Å². The normalized spacial score (nSPS) is 19.6.